The molecule has 0 radical (unpaired) electrons. The van der Waals surface area contributed by atoms with Gasteiger partial charge in [-0.15, -0.1) is 0 Å². The van der Waals surface area contributed by atoms with Gasteiger partial charge in [0, 0.05) is 24.9 Å². The van der Waals surface area contributed by atoms with E-state index in [4.69, 9.17) is 0 Å². The number of phenolic OH excluding ortho intramolecular Hbond substituents is 1. The molecule has 1 aliphatic carbocycles. The van der Waals surface area contributed by atoms with E-state index in [1.165, 1.54) is 5.56 Å². The van der Waals surface area contributed by atoms with Crippen molar-refractivity contribution in [3.63, 3.8) is 0 Å². The highest BCUT2D eigenvalue weighted by molar-refractivity contribution is 5.66. The van der Waals surface area contributed by atoms with Crippen molar-refractivity contribution in [1.29, 1.82) is 0 Å². The lowest BCUT2D eigenvalue weighted by Crippen LogP contribution is -2.50. The maximum Gasteiger partial charge on any atom is 0.303 e. The summed E-state index contributed by atoms with van der Waals surface area (Å²) >= 11 is 0. The van der Waals surface area contributed by atoms with Gasteiger partial charge in [-0.1, -0.05) is 120 Å². The van der Waals surface area contributed by atoms with Crippen LogP contribution in [0.25, 0.3) is 0 Å². The summed E-state index contributed by atoms with van der Waals surface area (Å²) in [6.07, 6.45) is 12.6. The first-order chi connectivity index (χ1) is 26.8. The van der Waals surface area contributed by atoms with Gasteiger partial charge in [-0.3, -0.25) is 4.79 Å². The Morgan fingerprint density at radius 2 is 1.73 bits per heavy atom. The molecule has 0 saturated carbocycles. The number of hydrogen-bond acceptors (Lipinski definition) is 7. The van der Waals surface area contributed by atoms with Crippen LogP contribution >= 0.6 is 0 Å². The second kappa shape index (κ2) is 22.5. The fourth-order valence-corrected chi connectivity index (χ4v) is 8.63. The zero-order chi connectivity index (χ0) is 40.7. The molecule has 308 valence electrons. The number of aliphatic carboxylic acids is 1. The number of aryl methyl sites for hydroxylation is 1. The van der Waals surface area contributed by atoms with Gasteiger partial charge in [0.05, 0.1) is 30.3 Å². The van der Waals surface area contributed by atoms with Crippen LogP contribution in [0.15, 0.2) is 71.8 Å². The van der Waals surface area contributed by atoms with Crippen molar-refractivity contribution in [1.82, 2.24) is 5.32 Å². The lowest BCUT2D eigenvalue weighted by atomic mass is 9.72. The predicted molar refractivity (Wildman–Crippen MR) is 224 cm³/mol. The van der Waals surface area contributed by atoms with Crippen molar-refractivity contribution in [3.05, 3.63) is 88.5 Å². The lowest BCUT2D eigenvalue weighted by Gasteiger charge is -2.40. The summed E-state index contributed by atoms with van der Waals surface area (Å²) in [4.78, 5) is 11.7. The SMILES string of the molecule is CCCCC[C@H](O)/C=C/C1=C(\C[C@H](O)CO)[C@H]2NC[C@@](C)(O)[C@H](c3ccc(O)cc3)C#C[C@H](C[C@@H]2CC[C@@H](CCC(=O)O)CCC(C)C)c2ccccc2CC1. The molecule has 4 rings (SSSR count). The molecule has 2 aromatic carbocycles. The molecule has 0 fully saturated rings. The van der Waals surface area contributed by atoms with Crippen molar-refractivity contribution < 1.29 is 35.4 Å². The summed E-state index contributed by atoms with van der Waals surface area (Å²) in [6, 6.07) is 15.0. The number of carboxylic acid groups (broad SMARTS) is 1. The van der Waals surface area contributed by atoms with E-state index in [9.17, 15) is 35.4 Å². The number of hydrogen-bond donors (Lipinski definition) is 7. The number of β-amino-alcohol motifs (C(OH)–C–C–N with tert-alkyl or cyclic N) is 1. The van der Waals surface area contributed by atoms with Gasteiger partial charge in [-0.2, -0.15) is 0 Å². The fourth-order valence-electron chi connectivity index (χ4n) is 8.63. The van der Waals surface area contributed by atoms with Crippen molar-refractivity contribution >= 4 is 5.97 Å². The first-order valence-electron chi connectivity index (χ1n) is 21.2. The molecule has 0 amide bonds. The fraction of sp³-hybridized carbons (Fsp3) is 0.604. The van der Waals surface area contributed by atoms with E-state index in [0.29, 0.717) is 31.6 Å². The third kappa shape index (κ3) is 13.9. The zero-order valence-corrected chi connectivity index (χ0v) is 34.3. The van der Waals surface area contributed by atoms with Gasteiger partial charge in [-0.25, -0.2) is 0 Å². The van der Waals surface area contributed by atoms with Crippen LogP contribution in [0.2, 0.25) is 0 Å². The molecule has 7 N–H and O–H groups in total. The summed E-state index contributed by atoms with van der Waals surface area (Å²) < 4.78 is 0. The third-order valence-electron chi connectivity index (χ3n) is 12.0. The Hall–Kier alpha value is -3.45. The van der Waals surface area contributed by atoms with Gasteiger partial charge in [0.25, 0.3) is 0 Å². The highest BCUT2D eigenvalue weighted by Crippen LogP contribution is 2.40. The summed E-state index contributed by atoms with van der Waals surface area (Å²) in [6.45, 7) is 8.12. The first-order valence-corrected chi connectivity index (χ1v) is 21.2. The van der Waals surface area contributed by atoms with Crippen molar-refractivity contribution in [2.45, 2.75) is 153 Å². The molecular weight excluding hydrogens is 703 g/mol. The Morgan fingerprint density at radius 3 is 2.43 bits per heavy atom. The molecule has 2 aliphatic rings. The van der Waals surface area contributed by atoms with Crippen LogP contribution in [0.4, 0.5) is 0 Å². The summed E-state index contributed by atoms with van der Waals surface area (Å²) in [7, 11) is 0. The van der Waals surface area contributed by atoms with Crippen molar-refractivity contribution in [2.24, 2.45) is 17.8 Å². The highest BCUT2D eigenvalue weighted by atomic mass is 16.4. The Balaban J connectivity index is 1.93. The van der Waals surface area contributed by atoms with Crippen LogP contribution in [0.3, 0.4) is 0 Å². The van der Waals surface area contributed by atoms with Gasteiger partial charge in [-0.05, 0) is 110 Å². The lowest BCUT2D eigenvalue weighted by molar-refractivity contribution is -0.137. The Kier molecular flexibility index (Phi) is 18.2. The van der Waals surface area contributed by atoms with E-state index < -0.39 is 36.3 Å². The van der Waals surface area contributed by atoms with Crippen LogP contribution in [0, 0.1) is 29.6 Å². The molecule has 8 atom stereocenters. The number of aliphatic hydroxyl groups excluding tert-OH is 3. The maximum atomic E-state index is 12.4. The average molecular weight is 772 g/mol. The number of aromatic hydroxyl groups is 1. The number of unbranched alkanes of at least 4 members (excludes halogenated alkanes) is 2. The minimum Gasteiger partial charge on any atom is -0.508 e. The molecule has 8 heteroatoms. The normalized spacial score (nSPS) is 25.9. The quantitative estimate of drug-likeness (QED) is 0.0559. The topological polar surface area (TPSA) is 150 Å². The molecule has 56 heavy (non-hydrogen) atoms. The molecule has 1 heterocycles. The minimum absolute atomic E-state index is 0.0216. The van der Waals surface area contributed by atoms with E-state index in [1.807, 2.05) is 24.3 Å². The second-order valence-electron chi connectivity index (χ2n) is 17.1. The van der Waals surface area contributed by atoms with Gasteiger partial charge in [0.2, 0.25) is 0 Å². The number of allylic oxidation sites excluding steroid dienone is 2. The molecule has 0 saturated heterocycles. The molecule has 0 spiro atoms. The second-order valence-corrected chi connectivity index (χ2v) is 17.1. The van der Waals surface area contributed by atoms with Crippen LogP contribution in [0.1, 0.15) is 140 Å². The highest BCUT2D eigenvalue weighted by Gasteiger charge is 2.38. The molecule has 2 bridgehead atoms. The number of phenols is 1. The van der Waals surface area contributed by atoms with Crippen LogP contribution < -0.4 is 5.32 Å². The van der Waals surface area contributed by atoms with Crippen LogP contribution in [0.5, 0.6) is 5.75 Å². The third-order valence-corrected chi connectivity index (χ3v) is 12.0. The van der Waals surface area contributed by atoms with Crippen LogP contribution in [-0.4, -0.2) is 73.6 Å². The molecular formula is C48H69NO7. The van der Waals surface area contributed by atoms with Crippen molar-refractivity contribution in [3.8, 4) is 17.6 Å². The van der Waals surface area contributed by atoms with Gasteiger partial charge < -0.3 is 36.0 Å². The number of nitrogens with one attached hydrogen (secondary N) is 1. The summed E-state index contributed by atoms with van der Waals surface area (Å²) in [5, 5.41) is 68.4. The number of benzene rings is 2. The Bertz CT molecular complexity index is 1630. The van der Waals surface area contributed by atoms with Crippen LogP contribution in [-0.2, 0) is 11.2 Å². The number of carbonyl (C=O) groups is 1. The summed E-state index contributed by atoms with van der Waals surface area (Å²) in [5.74, 6) is 6.51. The van der Waals surface area contributed by atoms with E-state index in [-0.39, 0.29) is 48.9 Å². The largest absolute Gasteiger partial charge is 0.508 e. The molecule has 1 aliphatic heterocycles. The Labute approximate surface area is 336 Å². The molecule has 2 aromatic rings. The van der Waals surface area contributed by atoms with Gasteiger partial charge in [0.15, 0.2) is 0 Å². The van der Waals surface area contributed by atoms with Gasteiger partial charge >= 0.3 is 5.97 Å². The van der Waals surface area contributed by atoms with E-state index in [2.05, 4.69) is 62.2 Å². The predicted octanol–water partition coefficient (Wildman–Crippen LogP) is 8.17. The molecule has 0 aromatic heterocycles. The average Bonchev–Trinajstić information content (AvgIpc) is 3.16. The Morgan fingerprint density at radius 1 is 0.982 bits per heavy atom. The van der Waals surface area contributed by atoms with E-state index >= 15 is 0 Å². The smallest absolute Gasteiger partial charge is 0.303 e. The maximum absolute atomic E-state index is 12.4. The van der Waals surface area contributed by atoms with E-state index in [0.717, 1.165) is 73.6 Å². The number of aliphatic hydroxyl groups is 4. The monoisotopic (exact) mass is 772 g/mol. The number of rotatable bonds is 19. The number of fused-ring (bicyclic) bond motifs is 5. The molecule has 0 unspecified atom stereocenters. The first kappa shape index (κ1) is 45.3. The number of carboxylic acids is 1. The summed E-state index contributed by atoms with van der Waals surface area (Å²) in [5.41, 5.74) is 3.75. The van der Waals surface area contributed by atoms with Crippen molar-refractivity contribution in [2.75, 3.05) is 13.2 Å². The van der Waals surface area contributed by atoms with Gasteiger partial charge in [0.1, 0.15) is 5.75 Å². The van der Waals surface area contributed by atoms with E-state index in [1.54, 1.807) is 19.1 Å². The molecule has 8 nitrogen and oxygen atoms in total. The zero-order valence-electron chi connectivity index (χ0n) is 34.3. The standard InChI is InChI=1S/C48H69NO7/c1-5-6-7-11-40(51)24-20-36-19-18-35-10-8-9-12-43(35)38-23-27-45(37-21-25-41(52)26-22-37)48(4,56)32-49-47(44(36)30-42(53)31-50)39(29-38)17-15-34(14-13-33(2)3)16-28-46(54)55/h8-10,12,20-22,24-26,33-34,38-40,42,45,47,49-53,56H,5-7,11,13-19,28-32H2,1-4H3,(H,54,55)/b24-20+,44-36+/t34-,38+,39-,40-,42-,45-,47-,48+/m0/s1. The minimum atomic E-state index is -1.34.